The molecule has 2 aromatic carbocycles. The predicted molar refractivity (Wildman–Crippen MR) is 155 cm³/mol. The van der Waals surface area contributed by atoms with E-state index in [1.165, 1.54) is 13.8 Å². The van der Waals surface area contributed by atoms with Gasteiger partial charge < -0.3 is 19.7 Å². The molecule has 0 radical (unpaired) electrons. The highest BCUT2D eigenvalue weighted by Gasteiger charge is 2.21. The molecule has 0 aliphatic rings. The molecule has 2 rings (SSSR count). The molecule has 2 N–H and O–H groups in total. The highest BCUT2D eigenvalue weighted by atomic mass is 32.2. The van der Waals surface area contributed by atoms with Crippen molar-refractivity contribution >= 4 is 29.3 Å². The normalized spacial score (nSPS) is 11.7. The summed E-state index contributed by atoms with van der Waals surface area (Å²) in [5.41, 5.74) is 2.48. The third-order valence-electron chi connectivity index (χ3n) is 6.57. The summed E-state index contributed by atoms with van der Waals surface area (Å²) in [7, 11) is 0. The zero-order valence-corrected chi connectivity index (χ0v) is 24.6. The van der Waals surface area contributed by atoms with Crippen LogP contribution in [0.1, 0.15) is 98.6 Å². The van der Waals surface area contributed by atoms with E-state index in [1.807, 2.05) is 32.9 Å². The number of thioether (sulfide) groups is 1. The van der Waals surface area contributed by atoms with Crippen LogP contribution in [0.4, 0.5) is 0 Å². The number of carbonyl (C=O) groups is 3. The molecule has 0 saturated heterocycles. The van der Waals surface area contributed by atoms with Gasteiger partial charge in [0.1, 0.15) is 17.2 Å². The zero-order valence-electron chi connectivity index (χ0n) is 23.8. The maximum Gasteiger partial charge on any atom is 0.306 e. The maximum absolute atomic E-state index is 12.3. The number of hydrogen-bond donors (Lipinski definition) is 2. The van der Waals surface area contributed by atoms with E-state index in [-0.39, 0.29) is 23.9 Å². The third-order valence-corrected chi connectivity index (χ3v) is 7.76. The average molecular weight is 559 g/mol. The van der Waals surface area contributed by atoms with Crippen molar-refractivity contribution in [3.05, 3.63) is 46.5 Å². The van der Waals surface area contributed by atoms with E-state index in [2.05, 4.69) is 0 Å². The number of benzene rings is 2. The van der Waals surface area contributed by atoms with Crippen molar-refractivity contribution in [3.8, 4) is 17.2 Å². The minimum absolute atomic E-state index is 0.0847. The topological polar surface area (TPSA) is 110 Å². The van der Waals surface area contributed by atoms with Gasteiger partial charge in [0, 0.05) is 21.8 Å². The first-order valence-electron chi connectivity index (χ1n) is 13.8. The Morgan fingerprint density at radius 3 is 2.10 bits per heavy atom. The molecular formula is C31H42O7S. The quantitative estimate of drug-likeness (QED) is 0.113. The molecule has 2 aromatic rings. The highest BCUT2D eigenvalue weighted by molar-refractivity contribution is 7.99. The summed E-state index contributed by atoms with van der Waals surface area (Å²) in [5, 5.41) is 19.9. The Morgan fingerprint density at radius 2 is 1.51 bits per heavy atom. The maximum atomic E-state index is 12.3. The average Bonchev–Trinajstić information content (AvgIpc) is 2.88. The van der Waals surface area contributed by atoms with Crippen molar-refractivity contribution < 1.29 is 34.1 Å². The lowest BCUT2D eigenvalue weighted by Gasteiger charge is -2.19. The van der Waals surface area contributed by atoms with Crippen LogP contribution in [0.25, 0.3) is 0 Å². The molecule has 0 saturated carbocycles. The third kappa shape index (κ3) is 9.02. The number of rotatable bonds is 18. The van der Waals surface area contributed by atoms with Gasteiger partial charge >= 0.3 is 5.97 Å². The number of carboxylic acids is 1. The molecule has 214 valence electrons. The van der Waals surface area contributed by atoms with Crippen LogP contribution in [0.15, 0.2) is 29.2 Å². The van der Waals surface area contributed by atoms with Gasteiger partial charge in [-0.3, -0.25) is 14.4 Å². The molecule has 0 heterocycles. The number of phenols is 1. The monoisotopic (exact) mass is 558 g/mol. The summed E-state index contributed by atoms with van der Waals surface area (Å²) in [4.78, 5) is 36.5. The molecule has 39 heavy (non-hydrogen) atoms. The Labute approximate surface area is 236 Å². The van der Waals surface area contributed by atoms with Crippen molar-refractivity contribution in [1.82, 2.24) is 0 Å². The molecule has 0 spiro atoms. The minimum atomic E-state index is -0.844. The van der Waals surface area contributed by atoms with Crippen LogP contribution in [0, 0.1) is 5.92 Å². The number of hydrogen-bond acceptors (Lipinski definition) is 7. The molecule has 0 amide bonds. The Hall–Kier alpha value is -3.00. The van der Waals surface area contributed by atoms with E-state index < -0.39 is 11.9 Å². The predicted octanol–water partition coefficient (Wildman–Crippen LogP) is 7.14. The highest BCUT2D eigenvalue weighted by Crippen LogP contribution is 2.36. The Bertz CT molecular complexity index is 1140. The Balaban J connectivity index is 2.11. The lowest BCUT2D eigenvalue weighted by Crippen LogP contribution is -2.17. The van der Waals surface area contributed by atoms with Crippen molar-refractivity contribution in [2.45, 2.75) is 84.5 Å². The van der Waals surface area contributed by atoms with Crippen LogP contribution in [-0.4, -0.2) is 46.7 Å². The van der Waals surface area contributed by atoms with Crippen LogP contribution in [0.2, 0.25) is 0 Å². The van der Waals surface area contributed by atoms with E-state index >= 15 is 0 Å². The van der Waals surface area contributed by atoms with Gasteiger partial charge in [-0.1, -0.05) is 33.6 Å². The van der Waals surface area contributed by atoms with E-state index in [1.54, 1.807) is 23.9 Å². The van der Waals surface area contributed by atoms with Crippen molar-refractivity contribution in [1.29, 1.82) is 0 Å². The van der Waals surface area contributed by atoms with Crippen molar-refractivity contribution in [2.24, 2.45) is 5.92 Å². The second-order valence-electron chi connectivity index (χ2n) is 9.60. The van der Waals surface area contributed by atoms with Gasteiger partial charge in [0.15, 0.2) is 11.6 Å². The Kier molecular flexibility index (Phi) is 13.4. The first-order chi connectivity index (χ1) is 18.7. The van der Waals surface area contributed by atoms with E-state index in [9.17, 15) is 24.6 Å². The van der Waals surface area contributed by atoms with Crippen LogP contribution >= 0.6 is 11.8 Å². The van der Waals surface area contributed by atoms with E-state index in [0.717, 1.165) is 41.0 Å². The number of phenolic OH excluding ortho intramolecular Hbond substituents is 1. The lowest BCUT2D eigenvalue weighted by atomic mass is 10.0. The fourth-order valence-electron chi connectivity index (χ4n) is 4.43. The standard InChI is InChI=1S/C31H42O7S/c1-6-10-25-27(14-12-24(21(5)33)30(25)38-18-16-22(8-3)31(35)36)37-17-9-19-39-28-15-13-23(20(4)32)29(34)26(28)11-7-2/h12-15,22,34H,6-11,16-19H2,1-5H3,(H,35,36). The van der Waals surface area contributed by atoms with Crippen LogP contribution in [0.5, 0.6) is 17.2 Å². The fraction of sp³-hybridized carbons (Fsp3) is 0.516. The Morgan fingerprint density at radius 1 is 0.872 bits per heavy atom. The van der Waals surface area contributed by atoms with Crippen LogP contribution in [-0.2, 0) is 17.6 Å². The summed E-state index contributed by atoms with van der Waals surface area (Å²) in [5.74, 6) is 0.410. The molecule has 0 aromatic heterocycles. The molecule has 0 fully saturated rings. The SMILES string of the molecule is CCCc1c(SCCCOc2ccc(C(C)=O)c(OCCC(CC)C(=O)O)c2CCC)ccc(C(C)=O)c1O. The van der Waals surface area contributed by atoms with Crippen LogP contribution in [0.3, 0.4) is 0 Å². The first kappa shape index (κ1) is 32.2. The number of carboxylic acid groups (broad SMARTS) is 1. The number of aliphatic carboxylic acids is 1. The minimum Gasteiger partial charge on any atom is -0.507 e. The number of aromatic hydroxyl groups is 1. The number of ether oxygens (including phenoxy) is 2. The summed E-state index contributed by atoms with van der Waals surface area (Å²) in [6.45, 7) is 9.54. The van der Waals surface area contributed by atoms with Gasteiger partial charge in [-0.2, -0.15) is 0 Å². The molecule has 0 aliphatic carbocycles. The van der Waals surface area contributed by atoms with Crippen LogP contribution < -0.4 is 9.47 Å². The molecule has 8 heteroatoms. The summed E-state index contributed by atoms with van der Waals surface area (Å²) in [6, 6.07) is 7.12. The van der Waals surface area contributed by atoms with E-state index in [4.69, 9.17) is 9.47 Å². The number of Topliss-reactive ketones (excluding diaryl/α,β-unsaturated/α-hetero) is 2. The number of carbonyl (C=O) groups excluding carboxylic acids is 2. The van der Waals surface area contributed by atoms with Crippen molar-refractivity contribution in [3.63, 3.8) is 0 Å². The molecule has 1 unspecified atom stereocenters. The second kappa shape index (κ2) is 16.2. The number of ketones is 2. The first-order valence-corrected chi connectivity index (χ1v) is 14.8. The van der Waals surface area contributed by atoms with Gasteiger partial charge in [0.05, 0.1) is 30.3 Å². The van der Waals surface area contributed by atoms with Gasteiger partial charge in [0.2, 0.25) is 0 Å². The second-order valence-corrected chi connectivity index (χ2v) is 10.7. The van der Waals surface area contributed by atoms with Gasteiger partial charge in [-0.25, -0.2) is 0 Å². The van der Waals surface area contributed by atoms with Gasteiger partial charge in [0.25, 0.3) is 0 Å². The van der Waals surface area contributed by atoms with Gasteiger partial charge in [-0.05, 0) is 70.2 Å². The molecule has 7 nitrogen and oxygen atoms in total. The summed E-state index contributed by atoms with van der Waals surface area (Å²) < 4.78 is 12.2. The van der Waals surface area contributed by atoms with Crippen molar-refractivity contribution in [2.75, 3.05) is 19.0 Å². The fourth-order valence-corrected chi connectivity index (χ4v) is 5.45. The molecule has 0 aliphatic heterocycles. The molecule has 1 atom stereocenters. The molecular weight excluding hydrogens is 516 g/mol. The summed E-state index contributed by atoms with van der Waals surface area (Å²) >= 11 is 1.63. The molecule has 0 bridgehead atoms. The largest absolute Gasteiger partial charge is 0.507 e. The summed E-state index contributed by atoms with van der Waals surface area (Å²) in [6.07, 6.45) is 4.68. The van der Waals surface area contributed by atoms with Gasteiger partial charge in [-0.15, -0.1) is 11.8 Å². The zero-order chi connectivity index (χ0) is 28.9. The smallest absolute Gasteiger partial charge is 0.306 e. The lowest BCUT2D eigenvalue weighted by molar-refractivity contribution is -0.142. The van der Waals surface area contributed by atoms with E-state index in [0.29, 0.717) is 54.9 Å².